The molecule has 1 heterocycles. The van der Waals surface area contributed by atoms with Gasteiger partial charge in [0, 0.05) is 12.7 Å². The molecule has 0 radical (unpaired) electrons. The van der Waals surface area contributed by atoms with E-state index in [0.29, 0.717) is 0 Å². The second-order valence-corrected chi connectivity index (χ2v) is 5.24. The van der Waals surface area contributed by atoms with E-state index in [0.717, 1.165) is 6.07 Å². The standard InChI is InChI=1S/C8H10ClN3O4S/c9-7-3-5(1-2-11-7)17(15,16)12-4-6(13)8(10)14/h1-3,6,12-13H,4H2,(H2,10,14). The third-order valence-electron chi connectivity index (χ3n) is 1.80. The van der Waals surface area contributed by atoms with Crippen LogP contribution in [0, 0.1) is 0 Å². The van der Waals surface area contributed by atoms with E-state index in [9.17, 15) is 13.2 Å². The van der Waals surface area contributed by atoms with Crippen molar-refractivity contribution in [1.29, 1.82) is 0 Å². The van der Waals surface area contributed by atoms with Crippen LogP contribution in [0.1, 0.15) is 0 Å². The zero-order chi connectivity index (χ0) is 13.1. The molecule has 1 aromatic rings. The Hall–Kier alpha value is -1.22. The minimum atomic E-state index is -3.85. The molecule has 1 unspecified atom stereocenters. The molecule has 1 atom stereocenters. The summed E-state index contributed by atoms with van der Waals surface area (Å²) in [6, 6.07) is 2.37. The number of aliphatic hydroxyl groups is 1. The van der Waals surface area contributed by atoms with Gasteiger partial charge >= 0.3 is 0 Å². The maximum absolute atomic E-state index is 11.7. The number of rotatable bonds is 5. The zero-order valence-corrected chi connectivity index (χ0v) is 10.1. The first kappa shape index (κ1) is 13.8. The van der Waals surface area contributed by atoms with E-state index in [1.54, 1.807) is 0 Å². The van der Waals surface area contributed by atoms with Crippen molar-refractivity contribution in [2.24, 2.45) is 5.73 Å². The predicted molar refractivity (Wildman–Crippen MR) is 59.6 cm³/mol. The van der Waals surface area contributed by atoms with E-state index < -0.39 is 28.6 Å². The normalized spacial score (nSPS) is 13.3. The van der Waals surface area contributed by atoms with Crippen LogP contribution in [0.5, 0.6) is 0 Å². The molecule has 17 heavy (non-hydrogen) atoms. The number of nitrogens with zero attached hydrogens (tertiary/aromatic N) is 1. The number of nitrogens with one attached hydrogen (secondary N) is 1. The van der Waals surface area contributed by atoms with Crippen molar-refractivity contribution in [2.75, 3.05) is 6.54 Å². The minimum absolute atomic E-state index is 0.0170. The summed E-state index contributed by atoms with van der Waals surface area (Å²) >= 11 is 5.54. The topological polar surface area (TPSA) is 122 Å². The number of carbonyl (C=O) groups is 1. The third kappa shape index (κ3) is 3.93. The van der Waals surface area contributed by atoms with Crippen LogP contribution in [0.2, 0.25) is 5.15 Å². The Kier molecular flexibility index (Phi) is 4.40. The highest BCUT2D eigenvalue weighted by molar-refractivity contribution is 7.89. The van der Waals surface area contributed by atoms with Crippen molar-refractivity contribution in [2.45, 2.75) is 11.0 Å². The molecule has 94 valence electrons. The van der Waals surface area contributed by atoms with Gasteiger partial charge in [-0.3, -0.25) is 4.79 Å². The summed E-state index contributed by atoms with van der Waals surface area (Å²) in [7, 11) is -3.85. The van der Waals surface area contributed by atoms with E-state index in [-0.39, 0.29) is 10.0 Å². The van der Waals surface area contributed by atoms with Crippen LogP contribution in [0.4, 0.5) is 0 Å². The van der Waals surface area contributed by atoms with Crippen LogP contribution >= 0.6 is 11.6 Å². The molecule has 4 N–H and O–H groups in total. The van der Waals surface area contributed by atoms with Crippen molar-refractivity contribution >= 4 is 27.5 Å². The van der Waals surface area contributed by atoms with Crippen LogP contribution < -0.4 is 10.5 Å². The van der Waals surface area contributed by atoms with Gasteiger partial charge in [-0.1, -0.05) is 11.6 Å². The van der Waals surface area contributed by atoms with Crippen molar-refractivity contribution in [3.8, 4) is 0 Å². The first-order chi connectivity index (χ1) is 7.83. The Morgan fingerprint density at radius 3 is 2.82 bits per heavy atom. The maximum atomic E-state index is 11.7. The molecule has 0 saturated carbocycles. The van der Waals surface area contributed by atoms with Gasteiger partial charge < -0.3 is 10.8 Å². The smallest absolute Gasteiger partial charge is 0.247 e. The van der Waals surface area contributed by atoms with Gasteiger partial charge in [-0.15, -0.1) is 0 Å². The SMILES string of the molecule is NC(=O)C(O)CNS(=O)(=O)c1ccnc(Cl)c1. The Labute approximate surface area is 103 Å². The molecule has 1 rings (SSSR count). The molecule has 0 aromatic carbocycles. The lowest BCUT2D eigenvalue weighted by Gasteiger charge is -2.09. The van der Waals surface area contributed by atoms with Crippen LogP contribution in [0.25, 0.3) is 0 Å². The van der Waals surface area contributed by atoms with Crippen molar-refractivity contribution < 1.29 is 18.3 Å². The fraction of sp³-hybridized carbons (Fsp3) is 0.250. The highest BCUT2D eigenvalue weighted by atomic mass is 35.5. The lowest BCUT2D eigenvalue weighted by atomic mass is 10.3. The fourth-order valence-electron chi connectivity index (χ4n) is 0.924. The molecule has 1 amide bonds. The molecule has 9 heteroatoms. The second kappa shape index (κ2) is 5.41. The number of carbonyl (C=O) groups excluding carboxylic acids is 1. The number of aromatic nitrogens is 1. The van der Waals surface area contributed by atoms with E-state index in [1.165, 1.54) is 12.3 Å². The van der Waals surface area contributed by atoms with Gasteiger partial charge in [0.1, 0.15) is 11.3 Å². The molecule has 0 aliphatic carbocycles. The lowest BCUT2D eigenvalue weighted by Crippen LogP contribution is -2.39. The van der Waals surface area contributed by atoms with Crippen LogP contribution in [0.3, 0.4) is 0 Å². The van der Waals surface area contributed by atoms with Gasteiger partial charge in [-0.25, -0.2) is 18.1 Å². The van der Waals surface area contributed by atoms with Crippen LogP contribution in [-0.2, 0) is 14.8 Å². The number of hydrogen-bond donors (Lipinski definition) is 3. The molecule has 0 fully saturated rings. The third-order valence-corrected chi connectivity index (χ3v) is 3.43. The lowest BCUT2D eigenvalue weighted by molar-refractivity contribution is -0.125. The first-order valence-electron chi connectivity index (χ1n) is 4.41. The number of aliphatic hydroxyl groups excluding tert-OH is 1. The van der Waals surface area contributed by atoms with Gasteiger partial charge in [-0.2, -0.15) is 0 Å². The number of nitrogens with two attached hydrogens (primary N) is 1. The largest absolute Gasteiger partial charge is 0.382 e. The zero-order valence-electron chi connectivity index (χ0n) is 8.50. The summed E-state index contributed by atoms with van der Waals surface area (Å²) in [5.41, 5.74) is 4.77. The summed E-state index contributed by atoms with van der Waals surface area (Å²) in [6.07, 6.45) is -0.358. The maximum Gasteiger partial charge on any atom is 0.247 e. The van der Waals surface area contributed by atoms with Gasteiger partial charge in [0.15, 0.2) is 0 Å². The Balaban J connectivity index is 2.79. The van der Waals surface area contributed by atoms with Crippen molar-refractivity contribution in [3.05, 3.63) is 23.5 Å². The van der Waals surface area contributed by atoms with E-state index in [1.807, 2.05) is 4.72 Å². The Morgan fingerprint density at radius 1 is 1.65 bits per heavy atom. The number of primary amides is 1. The molecule has 0 saturated heterocycles. The van der Waals surface area contributed by atoms with Crippen LogP contribution in [-0.4, -0.2) is 37.1 Å². The van der Waals surface area contributed by atoms with Gasteiger partial charge in [0.25, 0.3) is 0 Å². The Morgan fingerprint density at radius 2 is 2.29 bits per heavy atom. The average molecular weight is 280 g/mol. The van der Waals surface area contributed by atoms with E-state index in [2.05, 4.69) is 4.98 Å². The fourth-order valence-corrected chi connectivity index (χ4v) is 2.21. The summed E-state index contributed by atoms with van der Waals surface area (Å²) in [6.45, 7) is -0.502. The predicted octanol–water partition coefficient (Wildman–Crippen LogP) is -1.14. The summed E-state index contributed by atoms with van der Waals surface area (Å²) < 4.78 is 25.3. The molecule has 1 aromatic heterocycles. The number of pyridine rings is 1. The number of hydrogen-bond acceptors (Lipinski definition) is 5. The summed E-state index contributed by atoms with van der Waals surface area (Å²) in [4.78, 5) is 14.0. The number of sulfonamides is 1. The van der Waals surface area contributed by atoms with Crippen LogP contribution in [0.15, 0.2) is 23.2 Å². The summed E-state index contributed by atoms with van der Waals surface area (Å²) in [5, 5.41) is 9.07. The van der Waals surface area contributed by atoms with Crippen molar-refractivity contribution in [1.82, 2.24) is 9.71 Å². The highest BCUT2D eigenvalue weighted by Crippen LogP contribution is 2.12. The van der Waals surface area contributed by atoms with E-state index in [4.69, 9.17) is 22.4 Å². The Bertz CT molecular complexity index is 519. The number of halogens is 1. The molecule has 0 bridgehead atoms. The molecular formula is C8H10ClN3O4S. The molecule has 0 spiro atoms. The molecule has 0 aliphatic rings. The summed E-state index contributed by atoms with van der Waals surface area (Å²) in [5.74, 6) is -1.01. The highest BCUT2D eigenvalue weighted by Gasteiger charge is 2.18. The number of amides is 1. The average Bonchev–Trinajstić information content (AvgIpc) is 2.26. The van der Waals surface area contributed by atoms with Gasteiger partial charge in [0.2, 0.25) is 15.9 Å². The first-order valence-corrected chi connectivity index (χ1v) is 6.27. The second-order valence-electron chi connectivity index (χ2n) is 3.08. The minimum Gasteiger partial charge on any atom is -0.382 e. The molecule has 7 nitrogen and oxygen atoms in total. The molecular weight excluding hydrogens is 270 g/mol. The van der Waals surface area contributed by atoms with Gasteiger partial charge in [-0.05, 0) is 12.1 Å². The van der Waals surface area contributed by atoms with Gasteiger partial charge in [0.05, 0.1) is 4.90 Å². The van der Waals surface area contributed by atoms with E-state index >= 15 is 0 Å². The quantitative estimate of drug-likeness (QED) is 0.588. The van der Waals surface area contributed by atoms with Crippen molar-refractivity contribution in [3.63, 3.8) is 0 Å². The molecule has 0 aliphatic heterocycles. The monoisotopic (exact) mass is 279 g/mol.